The molecular formula is C12H25NO. The maximum Gasteiger partial charge on any atom is 0.0591 e. The first kappa shape index (κ1) is 12.0. The van der Waals surface area contributed by atoms with Gasteiger partial charge in [-0.1, -0.05) is 26.7 Å². The van der Waals surface area contributed by atoms with Crippen LogP contribution in [0.3, 0.4) is 0 Å². The Labute approximate surface area is 88.4 Å². The molecule has 0 aliphatic heterocycles. The Morgan fingerprint density at radius 2 is 1.93 bits per heavy atom. The zero-order chi connectivity index (χ0) is 10.4. The van der Waals surface area contributed by atoms with Crippen LogP contribution in [0.1, 0.15) is 46.5 Å². The van der Waals surface area contributed by atoms with E-state index in [0.29, 0.717) is 11.5 Å². The van der Waals surface area contributed by atoms with Gasteiger partial charge in [-0.3, -0.25) is 0 Å². The molecular weight excluding hydrogens is 174 g/mol. The molecule has 1 N–H and O–H groups in total. The van der Waals surface area contributed by atoms with Gasteiger partial charge < -0.3 is 10.1 Å². The molecule has 1 aliphatic carbocycles. The first-order chi connectivity index (χ1) is 6.62. The van der Waals surface area contributed by atoms with Gasteiger partial charge in [0, 0.05) is 18.7 Å². The molecule has 2 heteroatoms. The SMILES string of the molecule is CC(C)COCCNC1(C)CCCC1. The standard InChI is InChI=1S/C12H25NO/c1-11(2)10-14-9-8-13-12(3)6-4-5-7-12/h11,13H,4-10H2,1-3H3. The lowest BCUT2D eigenvalue weighted by atomic mass is 10.0. The van der Waals surface area contributed by atoms with Crippen molar-refractivity contribution in [2.75, 3.05) is 19.8 Å². The molecule has 1 saturated carbocycles. The maximum atomic E-state index is 5.54. The molecule has 0 aromatic rings. The minimum absolute atomic E-state index is 0.404. The van der Waals surface area contributed by atoms with E-state index in [2.05, 4.69) is 26.1 Å². The Hall–Kier alpha value is -0.0800. The van der Waals surface area contributed by atoms with Crippen LogP contribution in [0.5, 0.6) is 0 Å². The highest BCUT2D eigenvalue weighted by atomic mass is 16.5. The summed E-state index contributed by atoms with van der Waals surface area (Å²) in [6, 6.07) is 0. The largest absolute Gasteiger partial charge is 0.380 e. The minimum atomic E-state index is 0.404. The van der Waals surface area contributed by atoms with Crippen LogP contribution in [0.15, 0.2) is 0 Å². The predicted octanol–water partition coefficient (Wildman–Crippen LogP) is 2.58. The van der Waals surface area contributed by atoms with Crippen molar-refractivity contribution in [3.05, 3.63) is 0 Å². The summed E-state index contributed by atoms with van der Waals surface area (Å²) in [6.45, 7) is 9.45. The van der Waals surface area contributed by atoms with Crippen molar-refractivity contribution in [3.8, 4) is 0 Å². The van der Waals surface area contributed by atoms with Crippen molar-refractivity contribution >= 4 is 0 Å². The molecule has 0 unspecified atom stereocenters. The van der Waals surface area contributed by atoms with Gasteiger partial charge in [0.05, 0.1) is 6.61 Å². The fourth-order valence-electron chi connectivity index (χ4n) is 2.08. The van der Waals surface area contributed by atoms with Gasteiger partial charge in [-0.05, 0) is 25.7 Å². The third-order valence-electron chi connectivity index (χ3n) is 2.96. The fraction of sp³-hybridized carbons (Fsp3) is 1.00. The highest BCUT2D eigenvalue weighted by molar-refractivity contribution is 4.87. The zero-order valence-electron chi connectivity index (χ0n) is 9.94. The second kappa shape index (κ2) is 5.72. The molecule has 0 amide bonds. The molecule has 0 bridgehead atoms. The van der Waals surface area contributed by atoms with Crippen LogP contribution in [0.4, 0.5) is 0 Å². The van der Waals surface area contributed by atoms with Crippen LogP contribution in [0, 0.1) is 5.92 Å². The van der Waals surface area contributed by atoms with Gasteiger partial charge in [-0.15, -0.1) is 0 Å². The normalized spacial score (nSPS) is 20.6. The monoisotopic (exact) mass is 199 g/mol. The van der Waals surface area contributed by atoms with Crippen molar-refractivity contribution in [2.45, 2.75) is 52.0 Å². The summed E-state index contributed by atoms with van der Waals surface area (Å²) in [5, 5.41) is 3.61. The van der Waals surface area contributed by atoms with E-state index in [1.165, 1.54) is 25.7 Å². The lowest BCUT2D eigenvalue weighted by molar-refractivity contribution is 0.106. The summed E-state index contributed by atoms with van der Waals surface area (Å²) < 4.78 is 5.54. The van der Waals surface area contributed by atoms with Crippen LogP contribution >= 0.6 is 0 Å². The molecule has 0 atom stereocenters. The Bertz CT molecular complexity index is 150. The van der Waals surface area contributed by atoms with Crippen LogP contribution in [-0.2, 0) is 4.74 Å². The third-order valence-corrected chi connectivity index (χ3v) is 2.96. The fourth-order valence-corrected chi connectivity index (χ4v) is 2.08. The molecule has 1 rings (SSSR count). The van der Waals surface area contributed by atoms with E-state index in [-0.39, 0.29) is 0 Å². The first-order valence-electron chi connectivity index (χ1n) is 5.95. The third kappa shape index (κ3) is 4.43. The Morgan fingerprint density at radius 1 is 1.29 bits per heavy atom. The van der Waals surface area contributed by atoms with E-state index >= 15 is 0 Å². The molecule has 0 spiro atoms. The summed E-state index contributed by atoms with van der Waals surface area (Å²) >= 11 is 0. The van der Waals surface area contributed by atoms with Gasteiger partial charge >= 0.3 is 0 Å². The minimum Gasteiger partial charge on any atom is -0.380 e. The first-order valence-corrected chi connectivity index (χ1v) is 5.95. The summed E-state index contributed by atoms with van der Waals surface area (Å²) in [6.07, 6.45) is 5.43. The Morgan fingerprint density at radius 3 is 2.50 bits per heavy atom. The molecule has 14 heavy (non-hydrogen) atoms. The maximum absolute atomic E-state index is 5.54. The lowest BCUT2D eigenvalue weighted by Gasteiger charge is -2.25. The van der Waals surface area contributed by atoms with Crippen LogP contribution in [-0.4, -0.2) is 25.3 Å². The second-order valence-corrected chi connectivity index (χ2v) is 5.16. The molecule has 2 nitrogen and oxygen atoms in total. The van der Waals surface area contributed by atoms with Gasteiger partial charge in [0.2, 0.25) is 0 Å². The average Bonchev–Trinajstić information content (AvgIpc) is 2.51. The van der Waals surface area contributed by atoms with E-state index in [1.54, 1.807) is 0 Å². The smallest absolute Gasteiger partial charge is 0.0591 e. The molecule has 0 heterocycles. The van der Waals surface area contributed by atoms with Gasteiger partial charge in [0.25, 0.3) is 0 Å². The van der Waals surface area contributed by atoms with E-state index in [9.17, 15) is 0 Å². The average molecular weight is 199 g/mol. The highest BCUT2D eigenvalue weighted by Gasteiger charge is 2.27. The summed E-state index contributed by atoms with van der Waals surface area (Å²) in [5.41, 5.74) is 0.404. The number of ether oxygens (including phenoxy) is 1. The van der Waals surface area contributed by atoms with E-state index in [1.807, 2.05) is 0 Å². The second-order valence-electron chi connectivity index (χ2n) is 5.16. The Kier molecular flexibility index (Phi) is 4.90. The number of rotatable bonds is 6. The van der Waals surface area contributed by atoms with Crippen molar-refractivity contribution < 1.29 is 4.74 Å². The van der Waals surface area contributed by atoms with Gasteiger partial charge in [0.1, 0.15) is 0 Å². The topological polar surface area (TPSA) is 21.3 Å². The van der Waals surface area contributed by atoms with Crippen LogP contribution < -0.4 is 5.32 Å². The number of nitrogens with one attached hydrogen (secondary N) is 1. The van der Waals surface area contributed by atoms with Crippen molar-refractivity contribution in [1.82, 2.24) is 5.32 Å². The van der Waals surface area contributed by atoms with Gasteiger partial charge in [-0.2, -0.15) is 0 Å². The summed E-state index contributed by atoms with van der Waals surface area (Å²) in [7, 11) is 0. The molecule has 0 aromatic heterocycles. The highest BCUT2D eigenvalue weighted by Crippen LogP contribution is 2.28. The van der Waals surface area contributed by atoms with Crippen LogP contribution in [0.2, 0.25) is 0 Å². The van der Waals surface area contributed by atoms with Gasteiger partial charge in [-0.25, -0.2) is 0 Å². The molecule has 0 aromatic carbocycles. The molecule has 1 fully saturated rings. The zero-order valence-corrected chi connectivity index (χ0v) is 9.94. The molecule has 84 valence electrons. The van der Waals surface area contributed by atoms with Crippen molar-refractivity contribution in [3.63, 3.8) is 0 Å². The Balaban J connectivity index is 1.98. The quantitative estimate of drug-likeness (QED) is 0.664. The lowest BCUT2D eigenvalue weighted by Crippen LogP contribution is -2.41. The van der Waals surface area contributed by atoms with E-state index in [4.69, 9.17) is 4.74 Å². The molecule has 0 saturated heterocycles. The number of hydrogen-bond donors (Lipinski definition) is 1. The number of hydrogen-bond acceptors (Lipinski definition) is 2. The van der Waals surface area contributed by atoms with E-state index < -0.39 is 0 Å². The van der Waals surface area contributed by atoms with Crippen molar-refractivity contribution in [1.29, 1.82) is 0 Å². The summed E-state index contributed by atoms with van der Waals surface area (Å²) in [5.74, 6) is 0.650. The summed E-state index contributed by atoms with van der Waals surface area (Å²) in [4.78, 5) is 0. The van der Waals surface area contributed by atoms with Crippen molar-refractivity contribution in [2.24, 2.45) is 5.92 Å². The molecule has 0 radical (unpaired) electrons. The van der Waals surface area contributed by atoms with Crippen LogP contribution in [0.25, 0.3) is 0 Å². The van der Waals surface area contributed by atoms with E-state index in [0.717, 1.165) is 19.8 Å². The molecule has 1 aliphatic rings. The van der Waals surface area contributed by atoms with Gasteiger partial charge in [0.15, 0.2) is 0 Å². The predicted molar refractivity (Wildman–Crippen MR) is 60.5 cm³/mol.